The molecular formula is C16H31N3O2. The van der Waals surface area contributed by atoms with Gasteiger partial charge in [0.05, 0.1) is 6.54 Å². The van der Waals surface area contributed by atoms with Crippen LogP contribution in [-0.4, -0.2) is 48.9 Å². The molecule has 1 rings (SSSR count). The summed E-state index contributed by atoms with van der Waals surface area (Å²) in [7, 11) is 1.71. The highest BCUT2D eigenvalue weighted by molar-refractivity contribution is 5.85. The Hall–Kier alpha value is -1.10. The molecule has 0 spiro atoms. The van der Waals surface area contributed by atoms with Crippen LogP contribution in [0.2, 0.25) is 0 Å². The lowest BCUT2D eigenvalue weighted by molar-refractivity contribution is -0.136. The van der Waals surface area contributed by atoms with Crippen molar-refractivity contribution in [2.24, 2.45) is 11.8 Å². The fraction of sp³-hybridized carbons (Fsp3) is 0.875. The molecule has 2 amide bonds. The average Bonchev–Trinajstić information content (AvgIpc) is 2.37. The maximum atomic E-state index is 12.2. The number of hydrogen-bond donors (Lipinski definition) is 2. The standard InChI is InChI=1S/C16H31N3O2/c1-12(13-6-8-17-9-7-13)10-15(21)19(5)11-14(20)18-16(2,3)4/h12-13,17H,6-11H2,1-5H3,(H,18,20). The molecule has 0 bridgehead atoms. The first-order valence-corrected chi connectivity index (χ1v) is 7.94. The Morgan fingerprint density at radius 3 is 2.38 bits per heavy atom. The van der Waals surface area contributed by atoms with Crippen molar-refractivity contribution < 1.29 is 9.59 Å². The third-order valence-electron chi connectivity index (χ3n) is 4.01. The van der Waals surface area contributed by atoms with Gasteiger partial charge in [0.15, 0.2) is 0 Å². The minimum Gasteiger partial charge on any atom is -0.350 e. The van der Waals surface area contributed by atoms with E-state index in [2.05, 4.69) is 17.6 Å². The van der Waals surface area contributed by atoms with Crippen LogP contribution in [0.3, 0.4) is 0 Å². The van der Waals surface area contributed by atoms with Crippen LogP contribution in [0, 0.1) is 11.8 Å². The molecule has 0 aromatic carbocycles. The average molecular weight is 297 g/mol. The van der Waals surface area contributed by atoms with E-state index in [1.54, 1.807) is 11.9 Å². The van der Waals surface area contributed by atoms with E-state index < -0.39 is 0 Å². The molecule has 2 N–H and O–H groups in total. The topological polar surface area (TPSA) is 61.4 Å². The number of nitrogens with one attached hydrogen (secondary N) is 2. The Kier molecular flexibility index (Phi) is 6.65. The summed E-state index contributed by atoms with van der Waals surface area (Å²) in [6, 6.07) is 0. The van der Waals surface area contributed by atoms with E-state index in [0.29, 0.717) is 18.3 Å². The largest absolute Gasteiger partial charge is 0.350 e. The summed E-state index contributed by atoms with van der Waals surface area (Å²) in [5, 5.41) is 6.23. The lowest BCUT2D eigenvalue weighted by Crippen LogP contribution is -2.46. The number of nitrogens with zero attached hydrogens (tertiary/aromatic N) is 1. The molecule has 1 saturated heterocycles. The highest BCUT2D eigenvalue weighted by atomic mass is 16.2. The third-order valence-corrected chi connectivity index (χ3v) is 4.01. The number of rotatable bonds is 5. The van der Waals surface area contributed by atoms with Crippen molar-refractivity contribution in [3.05, 3.63) is 0 Å². The van der Waals surface area contributed by atoms with Crippen molar-refractivity contribution in [3.63, 3.8) is 0 Å². The summed E-state index contributed by atoms with van der Waals surface area (Å²) in [4.78, 5) is 25.6. The molecular weight excluding hydrogens is 266 g/mol. The Morgan fingerprint density at radius 1 is 1.29 bits per heavy atom. The van der Waals surface area contributed by atoms with Crippen LogP contribution in [0.5, 0.6) is 0 Å². The summed E-state index contributed by atoms with van der Waals surface area (Å²) in [6.07, 6.45) is 2.81. The maximum absolute atomic E-state index is 12.2. The molecule has 122 valence electrons. The molecule has 5 nitrogen and oxygen atoms in total. The van der Waals surface area contributed by atoms with Gasteiger partial charge < -0.3 is 15.5 Å². The van der Waals surface area contributed by atoms with E-state index in [9.17, 15) is 9.59 Å². The minimum absolute atomic E-state index is 0.0603. The predicted molar refractivity (Wildman–Crippen MR) is 84.9 cm³/mol. The molecule has 0 aromatic rings. The number of carbonyl (C=O) groups is 2. The van der Waals surface area contributed by atoms with Crippen molar-refractivity contribution in [1.82, 2.24) is 15.5 Å². The van der Waals surface area contributed by atoms with Crippen molar-refractivity contribution in [1.29, 1.82) is 0 Å². The second-order valence-electron chi connectivity index (χ2n) is 7.32. The quantitative estimate of drug-likeness (QED) is 0.806. The van der Waals surface area contributed by atoms with Gasteiger partial charge in [-0.25, -0.2) is 0 Å². The minimum atomic E-state index is -0.261. The first-order chi connectivity index (χ1) is 9.69. The van der Waals surface area contributed by atoms with E-state index >= 15 is 0 Å². The summed E-state index contributed by atoms with van der Waals surface area (Å²) < 4.78 is 0. The van der Waals surface area contributed by atoms with Gasteiger partial charge >= 0.3 is 0 Å². The number of hydrogen-bond acceptors (Lipinski definition) is 3. The van der Waals surface area contributed by atoms with Gasteiger partial charge in [-0.1, -0.05) is 6.92 Å². The van der Waals surface area contributed by atoms with Crippen molar-refractivity contribution in [3.8, 4) is 0 Å². The lowest BCUT2D eigenvalue weighted by Gasteiger charge is -2.29. The van der Waals surface area contributed by atoms with Crippen molar-refractivity contribution in [2.45, 2.75) is 52.5 Å². The highest BCUT2D eigenvalue weighted by Crippen LogP contribution is 2.24. The van der Waals surface area contributed by atoms with Crippen LogP contribution >= 0.6 is 0 Å². The van der Waals surface area contributed by atoms with Crippen LogP contribution in [0.25, 0.3) is 0 Å². The van der Waals surface area contributed by atoms with E-state index in [1.807, 2.05) is 20.8 Å². The number of likely N-dealkylation sites (N-methyl/N-ethyl adjacent to an activating group) is 1. The van der Waals surface area contributed by atoms with Crippen molar-refractivity contribution in [2.75, 3.05) is 26.7 Å². The second kappa shape index (κ2) is 7.78. The smallest absolute Gasteiger partial charge is 0.240 e. The van der Waals surface area contributed by atoms with Gasteiger partial charge in [-0.05, 0) is 58.5 Å². The van der Waals surface area contributed by atoms with Gasteiger partial charge in [-0.15, -0.1) is 0 Å². The van der Waals surface area contributed by atoms with Gasteiger partial charge in [0.25, 0.3) is 0 Å². The van der Waals surface area contributed by atoms with Gasteiger partial charge in [0.2, 0.25) is 11.8 Å². The van der Waals surface area contributed by atoms with Crippen molar-refractivity contribution >= 4 is 11.8 Å². The number of piperidine rings is 1. The lowest BCUT2D eigenvalue weighted by atomic mass is 9.84. The third kappa shape index (κ3) is 6.93. The summed E-state index contributed by atoms with van der Waals surface area (Å²) in [5.41, 5.74) is -0.261. The summed E-state index contributed by atoms with van der Waals surface area (Å²) >= 11 is 0. The normalized spacial score (nSPS) is 18.1. The molecule has 21 heavy (non-hydrogen) atoms. The van der Waals surface area contributed by atoms with E-state index in [1.165, 1.54) is 0 Å². The Bertz CT molecular complexity index is 357. The second-order valence-corrected chi connectivity index (χ2v) is 7.32. The van der Waals surface area contributed by atoms with Crippen LogP contribution in [0.15, 0.2) is 0 Å². The highest BCUT2D eigenvalue weighted by Gasteiger charge is 2.24. The van der Waals surface area contributed by atoms with E-state index in [-0.39, 0.29) is 23.9 Å². The molecule has 0 aliphatic carbocycles. The van der Waals surface area contributed by atoms with Gasteiger partial charge in [0.1, 0.15) is 0 Å². The van der Waals surface area contributed by atoms with Crippen LogP contribution < -0.4 is 10.6 Å². The summed E-state index contributed by atoms with van der Waals surface area (Å²) in [5.74, 6) is 0.956. The van der Waals surface area contributed by atoms with E-state index in [0.717, 1.165) is 25.9 Å². The molecule has 1 fully saturated rings. The maximum Gasteiger partial charge on any atom is 0.240 e. The SMILES string of the molecule is CC(CC(=O)N(C)CC(=O)NC(C)(C)C)C1CCNCC1. The molecule has 1 heterocycles. The molecule has 0 aromatic heterocycles. The monoisotopic (exact) mass is 297 g/mol. The first-order valence-electron chi connectivity index (χ1n) is 7.94. The van der Waals surface area contributed by atoms with E-state index in [4.69, 9.17) is 0 Å². The molecule has 1 atom stereocenters. The zero-order valence-electron chi connectivity index (χ0n) is 14.2. The van der Waals surface area contributed by atoms with Crippen LogP contribution in [0.4, 0.5) is 0 Å². The van der Waals surface area contributed by atoms with Crippen LogP contribution in [0.1, 0.15) is 47.0 Å². The zero-order valence-corrected chi connectivity index (χ0v) is 14.2. The zero-order chi connectivity index (χ0) is 16.0. The Balaban J connectivity index is 2.38. The fourth-order valence-corrected chi connectivity index (χ4v) is 2.77. The molecule has 0 radical (unpaired) electrons. The number of carbonyl (C=O) groups excluding carboxylic acids is 2. The van der Waals surface area contributed by atoms with Gasteiger partial charge in [-0.2, -0.15) is 0 Å². The van der Waals surface area contributed by atoms with Gasteiger partial charge in [-0.3, -0.25) is 9.59 Å². The predicted octanol–water partition coefficient (Wildman–Crippen LogP) is 1.39. The van der Waals surface area contributed by atoms with Crippen LogP contribution in [-0.2, 0) is 9.59 Å². The molecule has 1 unspecified atom stereocenters. The number of amides is 2. The molecule has 1 aliphatic heterocycles. The van der Waals surface area contributed by atoms with Gasteiger partial charge in [0, 0.05) is 19.0 Å². The Labute approximate surface area is 128 Å². The molecule has 0 saturated carbocycles. The molecule has 5 heteroatoms. The summed E-state index contributed by atoms with van der Waals surface area (Å²) in [6.45, 7) is 10.2. The first kappa shape index (κ1) is 18.0. The Morgan fingerprint density at radius 2 is 1.86 bits per heavy atom. The molecule has 1 aliphatic rings. The fourth-order valence-electron chi connectivity index (χ4n) is 2.77.